The maximum atomic E-state index is 9.29. The topological polar surface area (TPSA) is 23.5 Å². The van der Waals surface area contributed by atoms with Crippen molar-refractivity contribution in [2.45, 2.75) is 39.7 Å². The maximum Gasteiger partial charge on any atom is 0.0679 e. The van der Waals surface area contributed by atoms with E-state index < -0.39 is 0 Å². The Morgan fingerprint density at radius 1 is 1.42 bits per heavy atom. The van der Waals surface area contributed by atoms with Crippen LogP contribution in [0, 0.1) is 5.41 Å². The molecule has 1 N–H and O–H groups in total. The summed E-state index contributed by atoms with van der Waals surface area (Å²) < 4.78 is 0. The molecule has 1 atom stereocenters. The van der Waals surface area contributed by atoms with Crippen molar-refractivity contribution in [3.8, 4) is 0 Å². The quantitative estimate of drug-likeness (QED) is 0.680. The molecule has 0 amide bonds. The van der Waals surface area contributed by atoms with E-state index in [1.807, 2.05) is 0 Å². The van der Waals surface area contributed by atoms with Crippen LogP contribution in [0.25, 0.3) is 0 Å². The van der Waals surface area contributed by atoms with Crippen molar-refractivity contribution < 1.29 is 5.11 Å². The SMILES string of the molecule is CC(C)(C)CCN1CCC(O)C1. The molecule has 0 spiro atoms. The van der Waals surface area contributed by atoms with E-state index >= 15 is 0 Å². The Labute approximate surface area is 75.6 Å². The Morgan fingerprint density at radius 3 is 2.50 bits per heavy atom. The van der Waals surface area contributed by atoms with Crippen molar-refractivity contribution in [3.05, 3.63) is 0 Å². The number of aliphatic hydroxyl groups excluding tert-OH is 1. The van der Waals surface area contributed by atoms with Gasteiger partial charge < -0.3 is 10.0 Å². The summed E-state index contributed by atoms with van der Waals surface area (Å²) in [4.78, 5) is 2.36. The van der Waals surface area contributed by atoms with Crippen molar-refractivity contribution in [2.75, 3.05) is 19.6 Å². The molecule has 1 rings (SSSR count). The summed E-state index contributed by atoms with van der Waals surface area (Å²) >= 11 is 0. The van der Waals surface area contributed by atoms with Gasteiger partial charge in [-0.2, -0.15) is 0 Å². The van der Waals surface area contributed by atoms with Crippen molar-refractivity contribution >= 4 is 0 Å². The van der Waals surface area contributed by atoms with Crippen LogP contribution in [0.3, 0.4) is 0 Å². The van der Waals surface area contributed by atoms with Gasteiger partial charge in [0.25, 0.3) is 0 Å². The van der Waals surface area contributed by atoms with Crippen LogP contribution in [0.2, 0.25) is 0 Å². The van der Waals surface area contributed by atoms with Crippen LogP contribution >= 0.6 is 0 Å². The van der Waals surface area contributed by atoms with E-state index in [0.29, 0.717) is 5.41 Å². The van der Waals surface area contributed by atoms with Crippen molar-refractivity contribution in [2.24, 2.45) is 5.41 Å². The van der Waals surface area contributed by atoms with E-state index in [2.05, 4.69) is 25.7 Å². The minimum atomic E-state index is -0.0648. The summed E-state index contributed by atoms with van der Waals surface area (Å²) in [6, 6.07) is 0. The summed E-state index contributed by atoms with van der Waals surface area (Å²) in [5, 5.41) is 9.29. The molecule has 0 aromatic carbocycles. The van der Waals surface area contributed by atoms with E-state index in [4.69, 9.17) is 0 Å². The molecule has 12 heavy (non-hydrogen) atoms. The lowest BCUT2D eigenvalue weighted by atomic mass is 9.92. The van der Waals surface area contributed by atoms with Gasteiger partial charge in [-0.3, -0.25) is 0 Å². The largest absolute Gasteiger partial charge is 0.392 e. The average Bonchev–Trinajstić information content (AvgIpc) is 2.30. The molecule has 72 valence electrons. The number of nitrogens with zero attached hydrogens (tertiary/aromatic N) is 1. The molecule has 0 aliphatic carbocycles. The van der Waals surface area contributed by atoms with Gasteiger partial charge in [0.05, 0.1) is 6.10 Å². The van der Waals surface area contributed by atoms with Crippen LogP contribution in [0.4, 0.5) is 0 Å². The molecule has 0 aromatic rings. The zero-order chi connectivity index (χ0) is 9.19. The molecule has 2 heteroatoms. The first kappa shape index (κ1) is 10.0. The van der Waals surface area contributed by atoms with Crippen LogP contribution in [0.1, 0.15) is 33.6 Å². The van der Waals surface area contributed by atoms with Crippen LogP contribution < -0.4 is 0 Å². The molecule has 1 aliphatic heterocycles. The molecule has 0 aromatic heterocycles. The zero-order valence-electron chi connectivity index (χ0n) is 8.51. The van der Waals surface area contributed by atoms with Crippen molar-refractivity contribution in [1.82, 2.24) is 4.90 Å². The number of hydrogen-bond donors (Lipinski definition) is 1. The first-order valence-electron chi connectivity index (χ1n) is 4.88. The standard InChI is InChI=1S/C10H21NO/c1-10(2,3)5-7-11-6-4-9(12)8-11/h9,12H,4-8H2,1-3H3. The highest BCUT2D eigenvalue weighted by Crippen LogP contribution is 2.20. The van der Waals surface area contributed by atoms with Crippen LogP contribution in [-0.2, 0) is 0 Å². The number of β-amino-alcohol motifs (C(OH)–C–C–N with tert-alkyl or cyclic N) is 1. The van der Waals surface area contributed by atoms with E-state index in [9.17, 15) is 5.11 Å². The van der Waals surface area contributed by atoms with E-state index in [0.717, 1.165) is 26.1 Å². The van der Waals surface area contributed by atoms with Gasteiger partial charge in [0, 0.05) is 13.1 Å². The number of aliphatic hydroxyl groups is 1. The van der Waals surface area contributed by atoms with Gasteiger partial charge in [0.15, 0.2) is 0 Å². The lowest BCUT2D eigenvalue weighted by molar-refractivity contribution is 0.170. The second-order valence-electron chi connectivity index (χ2n) is 5.05. The minimum Gasteiger partial charge on any atom is -0.392 e. The van der Waals surface area contributed by atoms with Gasteiger partial charge in [-0.1, -0.05) is 20.8 Å². The van der Waals surface area contributed by atoms with Crippen molar-refractivity contribution in [3.63, 3.8) is 0 Å². The number of rotatable bonds is 2. The maximum absolute atomic E-state index is 9.29. The summed E-state index contributed by atoms with van der Waals surface area (Å²) in [7, 11) is 0. The van der Waals surface area contributed by atoms with Gasteiger partial charge >= 0.3 is 0 Å². The average molecular weight is 171 g/mol. The summed E-state index contributed by atoms with van der Waals surface area (Å²) in [5.74, 6) is 0. The predicted octanol–water partition coefficient (Wildman–Crippen LogP) is 1.49. The highest BCUT2D eigenvalue weighted by Gasteiger charge is 2.21. The molecule has 0 bridgehead atoms. The lowest BCUT2D eigenvalue weighted by Gasteiger charge is -2.22. The molecule has 1 fully saturated rings. The summed E-state index contributed by atoms with van der Waals surface area (Å²) in [6.07, 6.45) is 2.12. The molecule has 2 nitrogen and oxygen atoms in total. The first-order valence-corrected chi connectivity index (χ1v) is 4.88. The predicted molar refractivity (Wildman–Crippen MR) is 51.1 cm³/mol. The first-order chi connectivity index (χ1) is 5.47. The van der Waals surface area contributed by atoms with Gasteiger partial charge in [-0.15, -0.1) is 0 Å². The Balaban J connectivity index is 2.16. The third-order valence-corrected chi connectivity index (χ3v) is 2.43. The Bertz CT molecular complexity index is 139. The van der Waals surface area contributed by atoms with E-state index in [1.54, 1.807) is 0 Å². The molecule has 0 saturated carbocycles. The van der Waals surface area contributed by atoms with Crippen LogP contribution in [0.15, 0.2) is 0 Å². The third kappa shape index (κ3) is 3.55. The summed E-state index contributed by atoms with van der Waals surface area (Å²) in [5.41, 5.74) is 0.424. The lowest BCUT2D eigenvalue weighted by Crippen LogP contribution is -2.26. The molecule has 1 aliphatic rings. The third-order valence-electron chi connectivity index (χ3n) is 2.43. The highest BCUT2D eigenvalue weighted by atomic mass is 16.3. The molecule has 0 radical (unpaired) electrons. The van der Waals surface area contributed by atoms with Gasteiger partial charge in [-0.25, -0.2) is 0 Å². The highest BCUT2D eigenvalue weighted by molar-refractivity contribution is 4.75. The fourth-order valence-corrected chi connectivity index (χ4v) is 1.51. The van der Waals surface area contributed by atoms with Gasteiger partial charge in [0.2, 0.25) is 0 Å². The Hall–Kier alpha value is -0.0800. The van der Waals surface area contributed by atoms with Crippen LogP contribution in [0.5, 0.6) is 0 Å². The molecule has 1 saturated heterocycles. The van der Waals surface area contributed by atoms with Crippen molar-refractivity contribution in [1.29, 1.82) is 0 Å². The fourth-order valence-electron chi connectivity index (χ4n) is 1.51. The molecule has 1 unspecified atom stereocenters. The number of hydrogen-bond acceptors (Lipinski definition) is 2. The van der Waals surface area contributed by atoms with Gasteiger partial charge in [-0.05, 0) is 24.8 Å². The molecular weight excluding hydrogens is 150 g/mol. The Morgan fingerprint density at radius 2 is 2.08 bits per heavy atom. The van der Waals surface area contributed by atoms with Crippen LogP contribution in [-0.4, -0.2) is 35.7 Å². The fraction of sp³-hybridized carbons (Fsp3) is 1.00. The minimum absolute atomic E-state index is 0.0648. The number of likely N-dealkylation sites (tertiary alicyclic amines) is 1. The normalized spacial score (nSPS) is 26.5. The Kier molecular flexibility index (Phi) is 3.13. The second kappa shape index (κ2) is 3.75. The van der Waals surface area contributed by atoms with Gasteiger partial charge in [0.1, 0.15) is 0 Å². The van der Waals surface area contributed by atoms with E-state index in [-0.39, 0.29) is 6.10 Å². The monoisotopic (exact) mass is 171 g/mol. The van der Waals surface area contributed by atoms with E-state index in [1.165, 1.54) is 6.42 Å². The summed E-state index contributed by atoms with van der Waals surface area (Å²) in [6.45, 7) is 9.90. The molecule has 1 heterocycles. The zero-order valence-corrected chi connectivity index (χ0v) is 8.51. The molecular formula is C10H21NO. The smallest absolute Gasteiger partial charge is 0.0679 e. The second-order valence-corrected chi connectivity index (χ2v) is 5.05.